The van der Waals surface area contributed by atoms with Crippen LogP contribution in [0, 0.1) is 22.7 Å². The maximum absolute atomic E-state index is 11.2. The number of rotatable bonds is 9. The molecule has 2 heterocycles. The maximum Gasteiger partial charge on any atom is 0.335 e. The second-order valence-electron chi connectivity index (χ2n) is 7.83. The number of ether oxygens (including phenoxy) is 3. The molecule has 0 bridgehead atoms. The van der Waals surface area contributed by atoms with Crippen molar-refractivity contribution in [2.45, 2.75) is 63.9 Å². The van der Waals surface area contributed by atoms with Crippen LogP contribution in [-0.4, -0.2) is 73.5 Å². The fourth-order valence-corrected chi connectivity index (χ4v) is 3.76. The van der Waals surface area contributed by atoms with Crippen molar-refractivity contribution in [2.75, 3.05) is 6.61 Å². The zero-order valence-corrected chi connectivity index (χ0v) is 19.2. The summed E-state index contributed by atoms with van der Waals surface area (Å²) in [5, 5.41) is 61.9. The molecule has 3 rings (SSSR count). The first kappa shape index (κ1) is 26.1. The van der Waals surface area contributed by atoms with Crippen molar-refractivity contribution >= 4 is 5.97 Å². The molecule has 5 atom stereocenters. The number of aliphatic hydroxyl groups is 3. The second-order valence-corrected chi connectivity index (χ2v) is 7.83. The number of hydrogen-bond donors (Lipinski definition) is 4. The van der Waals surface area contributed by atoms with Crippen LogP contribution in [0.3, 0.4) is 0 Å². The number of nitriles is 2. The second kappa shape index (κ2) is 11.3. The molecule has 0 spiro atoms. The number of aromatic nitrogens is 2. The van der Waals surface area contributed by atoms with Gasteiger partial charge in [0.1, 0.15) is 29.8 Å². The van der Waals surface area contributed by atoms with E-state index in [0.717, 1.165) is 5.69 Å². The Kier molecular flexibility index (Phi) is 8.40. The first-order chi connectivity index (χ1) is 16.7. The lowest BCUT2D eigenvalue weighted by atomic mass is 9.99. The highest BCUT2D eigenvalue weighted by atomic mass is 16.7. The Balaban J connectivity index is 1.77. The first-order valence-corrected chi connectivity index (χ1v) is 11.0. The topological polar surface area (TPSA) is 191 Å². The van der Waals surface area contributed by atoms with E-state index in [9.17, 15) is 30.6 Å². The van der Waals surface area contributed by atoms with Crippen LogP contribution in [0.5, 0.6) is 11.5 Å². The molecule has 1 saturated heterocycles. The molecule has 186 valence electrons. The van der Waals surface area contributed by atoms with Crippen LogP contribution >= 0.6 is 0 Å². The van der Waals surface area contributed by atoms with Gasteiger partial charge in [0.05, 0.1) is 42.1 Å². The largest absolute Gasteiger partial charge is 0.479 e. The summed E-state index contributed by atoms with van der Waals surface area (Å²) in [5.41, 5.74) is 1.93. The normalized spacial score (nSPS) is 23.9. The van der Waals surface area contributed by atoms with Crippen LogP contribution in [0.15, 0.2) is 18.2 Å². The van der Waals surface area contributed by atoms with Gasteiger partial charge in [0.2, 0.25) is 0 Å². The molecule has 1 fully saturated rings. The molecule has 1 aromatic carbocycles. The van der Waals surface area contributed by atoms with E-state index < -0.39 is 36.7 Å². The Morgan fingerprint density at radius 3 is 2.29 bits per heavy atom. The molecule has 0 aliphatic carbocycles. The van der Waals surface area contributed by atoms with E-state index in [1.54, 1.807) is 4.68 Å². The molecule has 1 aliphatic rings. The zero-order valence-electron chi connectivity index (χ0n) is 19.2. The molecule has 0 unspecified atom stereocenters. The van der Waals surface area contributed by atoms with Gasteiger partial charge in [0, 0.05) is 0 Å². The molecule has 2 aromatic rings. The van der Waals surface area contributed by atoms with Crippen molar-refractivity contribution in [1.82, 2.24) is 9.78 Å². The van der Waals surface area contributed by atoms with Crippen molar-refractivity contribution < 1.29 is 39.4 Å². The van der Waals surface area contributed by atoms with Gasteiger partial charge in [-0.15, -0.1) is 0 Å². The van der Waals surface area contributed by atoms with E-state index in [1.807, 2.05) is 26.0 Å². The number of hydrogen-bond acceptors (Lipinski definition) is 10. The Bertz CT molecular complexity index is 1120. The van der Waals surface area contributed by atoms with Crippen LogP contribution in [0.4, 0.5) is 0 Å². The predicted octanol–water partition coefficient (Wildman–Crippen LogP) is 0.452. The molecular formula is C23H26N4O8. The minimum absolute atomic E-state index is 0.0589. The van der Waals surface area contributed by atoms with Crippen LogP contribution in [0.2, 0.25) is 0 Å². The summed E-state index contributed by atoms with van der Waals surface area (Å²) < 4.78 is 18.3. The van der Waals surface area contributed by atoms with E-state index >= 15 is 0 Å². The number of carbonyl (C=O) groups is 1. The quantitative estimate of drug-likeness (QED) is 0.385. The number of benzene rings is 1. The van der Waals surface area contributed by atoms with Gasteiger partial charge >= 0.3 is 5.97 Å². The third-order valence-electron chi connectivity index (χ3n) is 5.53. The minimum atomic E-state index is -1.80. The standard InChI is InChI=1S/C23H26N4O8/c1-3-15-20(34-14-8-12(10-24)7-13(9-14)11-25)16(4-2)27(26-15)5-6-33-23-19(30)17(28)18(29)21(35-23)22(31)32/h7-9,17-19,21,23,28-30H,3-6H2,1-2H3,(H,31,32)/t17-,18-,19+,21-,23+/m0/s1. The summed E-state index contributed by atoms with van der Waals surface area (Å²) in [4.78, 5) is 11.2. The molecule has 0 radical (unpaired) electrons. The van der Waals surface area contributed by atoms with Crippen molar-refractivity contribution in [3.8, 4) is 23.6 Å². The van der Waals surface area contributed by atoms with E-state index in [1.165, 1.54) is 18.2 Å². The zero-order chi connectivity index (χ0) is 25.7. The number of aliphatic hydroxyl groups excluding tert-OH is 3. The fourth-order valence-electron chi connectivity index (χ4n) is 3.76. The Morgan fingerprint density at radius 2 is 1.74 bits per heavy atom. The van der Waals surface area contributed by atoms with Crippen molar-refractivity contribution in [2.24, 2.45) is 0 Å². The summed E-state index contributed by atoms with van der Waals surface area (Å²) in [6.07, 6.45) is -7.34. The van der Waals surface area contributed by atoms with E-state index in [0.29, 0.717) is 30.0 Å². The number of aryl methyl sites for hydroxylation is 1. The Morgan fingerprint density at radius 1 is 1.09 bits per heavy atom. The van der Waals surface area contributed by atoms with Gasteiger partial charge in [0.15, 0.2) is 18.1 Å². The molecule has 12 nitrogen and oxygen atoms in total. The molecule has 1 aliphatic heterocycles. The van der Waals surface area contributed by atoms with Gasteiger partial charge in [-0.3, -0.25) is 4.68 Å². The third-order valence-corrected chi connectivity index (χ3v) is 5.53. The lowest BCUT2D eigenvalue weighted by Crippen LogP contribution is -2.60. The van der Waals surface area contributed by atoms with Crippen molar-refractivity contribution in [1.29, 1.82) is 10.5 Å². The predicted molar refractivity (Wildman–Crippen MR) is 117 cm³/mol. The summed E-state index contributed by atoms with van der Waals surface area (Å²) in [7, 11) is 0. The van der Waals surface area contributed by atoms with Gasteiger partial charge in [-0.2, -0.15) is 15.6 Å². The maximum atomic E-state index is 11.2. The monoisotopic (exact) mass is 486 g/mol. The highest BCUT2D eigenvalue weighted by Gasteiger charge is 2.47. The summed E-state index contributed by atoms with van der Waals surface area (Å²) >= 11 is 0. The number of aliphatic carboxylic acids is 1. The van der Waals surface area contributed by atoms with Gasteiger partial charge in [0.25, 0.3) is 0 Å². The molecule has 35 heavy (non-hydrogen) atoms. The minimum Gasteiger partial charge on any atom is -0.479 e. The number of carboxylic acids is 1. The fraction of sp³-hybridized carbons (Fsp3) is 0.478. The van der Waals surface area contributed by atoms with E-state index in [4.69, 9.17) is 19.3 Å². The smallest absolute Gasteiger partial charge is 0.335 e. The number of carboxylic acid groups (broad SMARTS) is 1. The lowest BCUT2D eigenvalue weighted by Gasteiger charge is -2.38. The van der Waals surface area contributed by atoms with Crippen molar-refractivity contribution in [3.05, 3.63) is 40.7 Å². The van der Waals surface area contributed by atoms with Crippen LogP contribution < -0.4 is 4.74 Å². The van der Waals surface area contributed by atoms with Crippen molar-refractivity contribution in [3.63, 3.8) is 0 Å². The highest BCUT2D eigenvalue weighted by Crippen LogP contribution is 2.31. The molecule has 0 saturated carbocycles. The highest BCUT2D eigenvalue weighted by molar-refractivity contribution is 5.73. The van der Waals surface area contributed by atoms with Crippen LogP contribution in [-0.2, 0) is 33.7 Å². The average molecular weight is 486 g/mol. The average Bonchev–Trinajstić information content (AvgIpc) is 3.19. The van der Waals surface area contributed by atoms with Crippen LogP contribution in [0.1, 0.15) is 36.4 Å². The van der Waals surface area contributed by atoms with Crippen LogP contribution in [0.25, 0.3) is 0 Å². The molecule has 1 aromatic heterocycles. The first-order valence-electron chi connectivity index (χ1n) is 11.0. The molecular weight excluding hydrogens is 460 g/mol. The van der Waals surface area contributed by atoms with E-state index in [2.05, 4.69) is 5.10 Å². The third kappa shape index (κ3) is 5.59. The van der Waals surface area contributed by atoms with Gasteiger partial charge < -0.3 is 34.6 Å². The summed E-state index contributed by atoms with van der Waals surface area (Å²) in [6.45, 7) is 3.92. The SMILES string of the molecule is CCc1nn(CCO[C@@H]2O[C@H](C(=O)O)[C@@H](O)[C@H](O)[C@H]2O)c(CC)c1Oc1cc(C#N)cc(C#N)c1. The summed E-state index contributed by atoms with van der Waals surface area (Å²) in [6, 6.07) is 8.51. The molecule has 0 amide bonds. The number of nitrogens with zero attached hydrogens (tertiary/aromatic N) is 4. The molecule has 4 N–H and O–H groups in total. The van der Waals surface area contributed by atoms with E-state index in [-0.39, 0.29) is 24.3 Å². The lowest BCUT2D eigenvalue weighted by molar-refractivity contribution is -0.294. The van der Waals surface area contributed by atoms with Gasteiger partial charge in [-0.05, 0) is 31.0 Å². The van der Waals surface area contributed by atoms with Gasteiger partial charge in [-0.1, -0.05) is 13.8 Å². The van der Waals surface area contributed by atoms with Gasteiger partial charge in [-0.25, -0.2) is 4.79 Å². The molecule has 12 heteroatoms. The summed E-state index contributed by atoms with van der Waals surface area (Å²) in [5.74, 6) is -0.675. The Labute approximate surface area is 201 Å². The Hall–Kier alpha value is -3.52.